The number of nitrogens with zero attached hydrogens (tertiary/aromatic N) is 1. The van der Waals surface area contributed by atoms with E-state index in [1.54, 1.807) is 13.0 Å². The predicted molar refractivity (Wildman–Crippen MR) is 53.4 cm³/mol. The number of aliphatic hydroxyl groups is 1. The van der Waals surface area contributed by atoms with E-state index < -0.39 is 5.97 Å². The van der Waals surface area contributed by atoms with Crippen LogP contribution in [0.2, 0.25) is 0 Å². The number of aromatic carboxylic acids is 1. The molecule has 15 heavy (non-hydrogen) atoms. The van der Waals surface area contributed by atoms with E-state index in [0.717, 1.165) is 0 Å². The van der Waals surface area contributed by atoms with Gasteiger partial charge in [0.15, 0.2) is 0 Å². The maximum atomic E-state index is 11.0. The van der Waals surface area contributed by atoms with Crippen molar-refractivity contribution in [1.82, 2.24) is 0 Å². The Morgan fingerprint density at radius 3 is 2.60 bits per heavy atom. The minimum atomic E-state index is -1.13. The largest absolute Gasteiger partial charge is 0.478 e. The second-order valence-electron chi connectivity index (χ2n) is 3.05. The molecule has 1 rings (SSSR count). The fraction of sp³-hybridized carbons (Fsp3) is 0.273. The predicted octanol–water partition coefficient (Wildman–Crippen LogP) is 1.31. The summed E-state index contributed by atoms with van der Waals surface area (Å²) < 4.78 is 0. The van der Waals surface area contributed by atoms with Gasteiger partial charge in [-0.25, -0.2) is 4.79 Å². The highest BCUT2D eigenvalue weighted by atomic mass is 16.4. The molecule has 0 bridgehead atoms. The highest BCUT2D eigenvalue weighted by Gasteiger charge is 2.17. The Bertz CT molecular complexity index is 432. The van der Waals surface area contributed by atoms with Gasteiger partial charge in [0.2, 0.25) is 0 Å². The third kappa shape index (κ3) is 1.97. The number of hydrogen-bond donors (Lipinski definition) is 2. The third-order valence-electron chi connectivity index (χ3n) is 2.27. The first-order valence-electron chi connectivity index (χ1n) is 4.54. The molecule has 1 aromatic carbocycles. The lowest BCUT2D eigenvalue weighted by atomic mass is 9.95. The summed E-state index contributed by atoms with van der Waals surface area (Å²) in [5, 5.41) is 26.8. The molecule has 4 heteroatoms. The SMILES string of the molecule is CCc1c(CO)ccc(C#N)c1C(=O)O. The molecule has 0 aliphatic rings. The summed E-state index contributed by atoms with van der Waals surface area (Å²) in [6.07, 6.45) is 0.479. The van der Waals surface area contributed by atoms with Crippen LogP contribution in [0.5, 0.6) is 0 Å². The number of rotatable bonds is 3. The molecule has 0 saturated carbocycles. The average molecular weight is 205 g/mol. The molecule has 0 atom stereocenters. The summed E-state index contributed by atoms with van der Waals surface area (Å²) >= 11 is 0. The molecule has 4 nitrogen and oxygen atoms in total. The summed E-state index contributed by atoms with van der Waals surface area (Å²) in [6, 6.07) is 4.85. The van der Waals surface area contributed by atoms with E-state index in [0.29, 0.717) is 17.5 Å². The van der Waals surface area contributed by atoms with Crippen LogP contribution in [0.3, 0.4) is 0 Å². The molecule has 0 saturated heterocycles. The van der Waals surface area contributed by atoms with Crippen molar-refractivity contribution in [1.29, 1.82) is 5.26 Å². The Hall–Kier alpha value is -1.86. The van der Waals surface area contributed by atoms with Gasteiger partial charge in [-0.05, 0) is 23.6 Å². The van der Waals surface area contributed by atoms with Crippen LogP contribution in [0.25, 0.3) is 0 Å². The monoisotopic (exact) mass is 205 g/mol. The van der Waals surface area contributed by atoms with E-state index in [9.17, 15) is 4.79 Å². The van der Waals surface area contributed by atoms with Gasteiger partial charge in [-0.1, -0.05) is 13.0 Å². The number of carboxylic acids is 1. The van der Waals surface area contributed by atoms with Gasteiger partial charge < -0.3 is 10.2 Å². The van der Waals surface area contributed by atoms with E-state index in [2.05, 4.69) is 0 Å². The molecule has 0 aliphatic heterocycles. The molecule has 0 fully saturated rings. The maximum absolute atomic E-state index is 11.0. The zero-order chi connectivity index (χ0) is 11.4. The Labute approximate surface area is 87.4 Å². The Morgan fingerprint density at radius 2 is 2.20 bits per heavy atom. The van der Waals surface area contributed by atoms with Crippen molar-refractivity contribution in [3.63, 3.8) is 0 Å². The molecule has 0 heterocycles. The van der Waals surface area contributed by atoms with Crippen molar-refractivity contribution in [2.45, 2.75) is 20.0 Å². The summed E-state index contributed by atoms with van der Waals surface area (Å²) in [5.74, 6) is -1.13. The minimum Gasteiger partial charge on any atom is -0.478 e. The van der Waals surface area contributed by atoms with Gasteiger partial charge in [-0.15, -0.1) is 0 Å². The van der Waals surface area contributed by atoms with Gasteiger partial charge in [-0.3, -0.25) is 0 Å². The fourth-order valence-electron chi connectivity index (χ4n) is 1.58. The maximum Gasteiger partial charge on any atom is 0.337 e. The number of aliphatic hydroxyl groups excluding tert-OH is 1. The van der Waals surface area contributed by atoms with E-state index in [1.807, 2.05) is 6.07 Å². The van der Waals surface area contributed by atoms with Crippen LogP contribution in [0.1, 0.15) is 34.0 Å². The van der Waals surface area contributed by atoms with E-state index >= 15 is 0 Å². The lowest BCUT2D eigenvalue weighted by molar-refractivity contribution is 0.0695. The number of carbonyl (C=O) groups is 1. The second-order valence-corrected chi connectivity index (χ2v) is 3.05. The second kappa shape index (κ2) is 4.58. The lowest BCUT2D eigenvalue weighted by Crippen LogP contribution is -2.08. The van der Waals surface area contributed by atoms with Crippen LogP contribution in [0, 0.1) is 11.3 Å². The van der Waals surface area contributed by atoms with Crippen molar-refractivity contribution in [3.8, 4) is 6.07 Å². The Balaban J connectivity index is 3.53. The van der Waals surface area contributed by atoms with Crippen molar-refractivity contribution in [2.24, 2.45) is 0 Å². The first-order valence-corrected chi connectivity index (χ1v) is 4.54. The Morgan fingerprint density at radius 1 is 1.53 bits per heavy atom. The summed E-state index contributed by atoms with van der Waals surface area (Å²) in [6.45, 7) is 1.58. The zero-order valence-electron chi connectivity index (χ0n) is 8.32. The molecule has 0 aliphatic carbocycles. The van der Waals surface area contributed by atoms with Crippen LogP contribution in [-0.4, -0.2) is 16.2 Å². The van der Waals surface area contributed by atoms with Crippen molar-refractivity contribution in [3.05, 3.63) is 34.4 Å². The molecule has 0 aromatic heterocycles. The van der Waals surface area contributed by atoms with Crippen molar-refractivity contribution >= 4 is 5.97 Å². The highest BCUT2D eigenvalue weighted by Crippen LogP contribution is 2.20. The van der Waals surface area contributed by atoms with Gasteiger partial charge in [0.25, 0.3) is 0 Å². The van der Waals surface area contributed by atoms with Crippen LogP contribution in [0.4, 0.5) is 0 Å². The average Bonchev–Trinajstić information content (AvgIpc) is 2.26. The van der Waals surface area contributed by atoms with Crippen LogP contribution < -0.4 is 0 Å². The molecule has 1 aromatic rings. The first kappa shape index (κ1) is 11.2. The van der Waals surface area contributed by atoms with Gasteiger partial charge in [0.05, 0.1) is 17.7 Å². The molecule has 0 spiro atoms. The molecular weight excluding hydrogens is 194 g/mol. The van der Waals surface area contributed by atoms with Crippen molar-refractivity contribution in [2.75, 3.05) is 0 Å². The van der Waals surface area contributed by atoms with Gasteiger partial charge in [0, 0.05) is 0 Å². The minimum absolute atomic E-state index is 0.00606. The Kier molecular flexibility index (Phi) is 3.42. The number of hydrogen-bond acceptors (Lipinski definition) is 3. The first-order chi connectivity index (χ1) is 7.15. The third-order valence-corrected chi connectivity index (χ3v) is 2.27. The smallest absolute Gasteiger partial charge is 0.337 e. The van der Waals surface area contributed by atoms with E-state index in [1.165, 1.54) is 6.07 Å². The molecule has 0 amide bonds. The van der Waals surface area contributed by atoms with E-state index in [-0.39, 0.29) is 17.7 Å². The normalized spacial score (nSPS) is 9.67. The molecule has 0 unspecified atom stereocenters. The van der Waals surface area contributed by atoms with Crippen LogP contribution in [0.15, 0.2) is 12.1 Å². The lowest BCUT2D eigenvalue weighted by Gasteiger charge is -2.10. The molecular formula is C11H11NO3. The molecule has 78 valence electrons. The summed E-state index contributed by atoms with van der Waals surface area (Å²) in [7, 11) is 0. The summed E-state index contributed by atoms with van der Waals surface area (Å²) in [5.41, 5.74) is 1.24. The van der Waals surface area contributed by atoms with Gasteiger partial charge >= 0.3 is 5.97 Å². The zero-order valence-corrected chi connectivity index (χ0v) is 8.32. The van der Waals surface area contributed by atoms with E-state index in [4.69, 9.17) is 15.5 Å². The topological polar surface area (TPSA) is 81.3 Å². The number of carboxylic acid groups (broad SMARTS) is 1. The van der Waals surface area contributed by atoms with Crippen LogP contribution in [-0.2, 0) is 13.0 Å². The quantitative estimate of drug-likeness (QED) is 0.779. The van der Waals surface area contributed by atoms with Gasteiger partial charge in [0.1, 0.15) is 6.07 Å². The highest BCUT2D eigenvalue weighted by molar-refractivity contribution is 5.92. The number of nitriles is 1. The fourth-order valence-corrected chi connectivity index (χ4v) is 1.58. The van der Waals surface area contributed by atoms with Crippen LogP contribution >= 0.6 is 0 Å². The van der Waals surface area contributed by atoms with Crippen molar-refractivity contribution < 1.29 is 15.0 Å². The standard InChI is InChI=1S/C11H11NO3/c1-2-9-8(6-13)4-3-7(5-12)10(9)11(14)15/h3-4,13H,2,6H2,1H3,(H,14,15). The van der Waals surface area contributed by atoms with Gasteiger partial charge in [-0.2, -0.15) is 5.26 Å². The summed E-state index contributed by atoms with van der Waals surface area (Å²) in [4.78, 5) is 11.0. The molecule has 2 N–H and O–H groups in total. The molecule has 0 radical (unpaired) electrons. The number of benzene rings is 1.